The van der Waals surface area contributed by atoms with Gasteiger partial charge in [-0.1, -0.05) is 6.92 Å². The largest absolute Gasteiger partial charge is 0.396 e. The van der Waals surface area contributed by atoms with Gasteiger partial charge in [0.05, 0.1) is 0 Å². The first-order chi connectivity index (χ1) is 5.88. The maximum Gasteiger partial charge on any atom is 0.108 e. The van der Waals surface area contributed by atoms with Gasteiger partial charge in [-0.2, -0.15) is 0 Å². The Kier molecular flexibility index (Phi) is 3.80. The van der Waals surface area contributed by atoms with Gasteiger partial charge in [-0.15, -0.1) is 0 Å². The fraction of sp³-hybridized carbons (Fsp3) is 0.667. The summed E-state index contributed by atoms with van der Waals surface area (Å²) in [5, 5.41) is 8.65. The fourth-order valence-electron chi connectivity index (χ4n) is 1.24. The molecule has 0 aliphatic carbocycles. The Morgan fingerprint density at radius 2 is 2.42 bits per heavy atom. The molecule has 3 heteroatoms. The molecular weight excluding hydrogens is 152 g/mol. The van der Waals surface area contributed by atoms with E-state index in [2.05, 4.69) is 16.5 Å². The van der Waals surface area contributed by atoms with Crippen LogP contribution in [0.4, 0.5) is 0 Å². The smallest absolute Gasteiger partial charge is 0.108 e. The molecule has 68 valence electrons. The van der Waals surface area contributed by atoms with Crippen LogP contribution in [-0.4, -0.2) is 21.3 Å². The lowest BCUT2D eigenvalue weighted by Crippen LogP contribution is -2.04. The molecule has 0 spiro atoms. The van der Waals surface area contributed by atoms with Crippen molar-refractivity contribution < 1.29 is 5.11 Å². The van der Waals surface area contributed by atoms with Gasteiger partial charge in [-0.3, -0.25) is 0 Å². The predicted octanol–water partition coefficient (Wildman–Crippen LogP) is 1.22. The van der Waals surface area contributed by atoms with Gasteiger partial charge in [-0.25, -0.2) is 4.98 Å². The summed E-state index contributed by atoms with van der Waals surface area (Å²) in [6.07, 6.45) is 6.75. The van der Waals surface area contributed by atoms with Crippen LogP contribution in [0, 0.1) is 0 Å². The van der Waals surface area contributed by atoms with Crippen molar-refractivity contribution in [3.63, 3.8) is 0 Å². The minimum atomic E-state index is 0.254. The normalized spacial score (nSPS) is 10.5. The fourth-order valence-corrected chi connectivity index (χ4v) is 1.24. The number of hydrogen-bond acceptors (Lipinski definition) is 2. The van der Waals surface area contributed by atoms with E-state index in [-0.39, 0.29) is 6.61 Å². The molecule has 0 aromatic carbocycles. The third-order valence-corrected chi connectivity index (χ3v) is 1.83. The maximum absolute atomic E-state index is 8.65. The minimum absolute atomic E-state index is 0.254. The van der Waals surface area contributed by atoms with Crippen LogP contribution in [0.5, 0.6) is 0 Å². The number of rotatable bonds is 5. The summed E-state index contributed by atoms with van der Waals surface area (Å²) in [6.45, 7) is 3.28. The Labute approximate surface area is 73.1 Å². The number of imidazole rings is 1. The Morgan fingerprint density at radius 3 is 3.08 bits per heavy atom. The van der Waals surface area contributed by atoms with E-state index in [0.717, 1.165) is 31.6 Å². The van der Waals surface area contributed by atoms with Crippen LogP contribution >= 0.6 is 0 Å². The van der Waals surface area contributed by atoms with Gasteiger partial charge in [0.1, 0.15) is 5.82 Å². The number of aryl methyl sites for hydroxylation is 2. The average Bonchev–Trinajstić information content (AvgIpc) is 2.50. The van der Waals surface area contributed by atoms with Gasteiger partial charge in [-0.05, 0) is 12.8 Å². The van der Waals surface area contributed by atoms with Crippen molar-refractivity contribution in [2.75, 3.05) is 6.61 Å². The van der Waals surface area contributed by atoms with Crippen molar-refractivity contribution in [1.29, 1.82) is 0 Å². The van der Waals surface area contributed by atoms with Gasteiger partial charge in [0, 0.05) is 32.0 Å². The standard InChI is InChI=1S/C9H16N2O/c1-2-4-9-10-5-7-11(9)6-3-8-12/h5,7,12H,2-4,6,8H2,1H3. The highest BCUT2D eigenvalue weighted by Crippen LogP contribution is 2.01. The Hall–Kier alpha value is -0.830. The number of nitrogens with zero attached hydrogens (tertiary/aromatic N) is 2. The summed E-state index contributed by atoms with van der Waals surface area (Å²) in [4.78, 5) is 4.24. The first-order valence-corrected chi connectivity index (χ1v) is 4.49. The molecule has 0 unspecified atom stereocenters. The van der Waals surface area contributed by atoms with Crippen LogP contribution in [0.2, 0.25) is 0 Å². The van der Waals surface area contributed by atoms with E-state index in [1.807, 2.05) is 12.4 Å². The van der Waals surface area contributed by atoms with Gasteiger partial charge in [0.15, 0.2) is 0 Å². The number of aliphatic hydroxyl groups is 1. The summed E-state index contributed by atoms with van der Waals surface area (Å²) < 4.78 is 2.11. The molecule has 0 bridgehead atoms. The Bertz CT molecular complexity index is 220. The van der Waals surface area contributed by atoms with E-state index in [1.54, 1.807) is 0 Å². The highest BCUT2D eigenvalue weighted by atomic mass is 16.3. The molecular formula is C9H16N2O. The number of aromatic nitrogens is 2. The second kappa shape index (κ2) is 4.93. The van der Waals surface area contributed by atoms with E-state index >= 15 is 0 Å². The van der Waals surface area contributed by atoms with Crippen LogP contribution in [0.1, 0.15) is 25.6 Å². The van der Waals surface area contributed by atoms with Crippen LogP contribution in [0.15, 0.2) is 12.4 Å². The molecule has 0 aliphatic rings. The topological polar surface area (TPSA) is 38.0 Å². The van der Waals surface area contributed by atoms with Gasteiger partial charge in [0.25, 0.3) is 0 Å². The summed E-state index contributed by atoms with van der Waals surface area (Å²) in [5.74, 6) is 1.13. The molecule has 0 saturated carbocycles. The molecule has 1 aromatic heterocycles. The molecule has 0 aliphatic heterocycles. The van der Waals surface area contributed by atoms with Crippen molar-refractivity contribution in [3.8, 4) is 0 Å². The van der Waals surface area contributed by atoms with E-state index in [4.69, 9.17) is 5.11 Å². The van der Waals surface area contributed by atoms with Gasteiger partial charge >= 0.3 is 0 Å². The Balaban J connectivity index is 2.51. The summed E-state index contributed by atoms with van der Waals surface area (Å²) >= 11 is 0. The number of hydrogen-bond donors (Lipinski definition) is 1. The highest BCUT2D eigenvalue weighted by molar-refractivity contribution is 4.92. The second-order valence-corrected chi connectivity index (χ2v) is 2.86. The van der Waals surface area contributed by atoms with E-state index in [1.165, 1.54) is 0 Å². The summed E-state index contributed by atoms with van der Waals surface area (Å²) in [5.41, 5.74) is 0. The van der Waals surface area contributed by atoms with E-state index in [0.29, 0.717) is 0 Å². The van der Waals surface area contributed by atoms with Crippen molar-refractivity contribution >= 4 is 0 Å². The molecule has 1 aromatic rings. The molecule has 1 heterocycles. The maximum atomic E-state index is 8.65. The lowest BCUT2D eigenvalue weighted by Gasteiger charge is -2.04. The molecule has 12 heavy (non-hydrogen) atoms. The quantitative estimate of drug-likeness (QED) is 0.717. The molecule has 0 saturated heterocycles. The average molecular weight is 168 g/mol. The zero-order valence-electron chi connectivity index (χ0n) is 7.53. The lowest BCUT2D eigenvalue weighted by molar-refractivity contribution is 0.279. The van der Waals surface area contributed by atoms with Crippen LogP contribution < -0.4 is 0 Å². The SMILES string of the molecule is CCCc1nccn1CCCO. The third kappa shape index (κ3) is 2.34. The van der Waals surface area contributed by atoms with E-state index in [9.17, 15) is 0 Å². The van der Waals surface area contributed by atoms with E-state index < -0.39 is 0 Å². The highest BCUT2D eigenvalue weighted by Gasteiger charge is 1.99. The van der Waals surface area contributed by atoms with Crippen molar-refractivity contribution in [1.82, 2.24) is 9.55 Å². The molecule has 1 rings (SSSR count). The molecule has 1 N–H and O–H groups in total. The zero-order chi connectivity index (χ0) is 8.81. The van der Waals surface area contributed by atoms with Gasteiger partial charge in [0.2, 0.25) is 0 Å². The first kappa shape index (κ1) is 9.26. The van der Waals surface area contributed by atoms with Crippen LogP contribution in [0.25, 0.3) is 0 Å². The minimum Gasteiger partial charge on any atom is -0.396 e. The van der Waals surface area contributed by atoms with Gasteiger partial charge < -0.3 is 9.67 Å². The monoisotopic (exact) mass is 168 g/mol. The third-order valence-electron chi connectivity index (χ3n) is 1.83. The molecule has 0 atom stereocenters. The molecule has 3 nitrogen and oxygen atoms in total. The first-order valence-electron chi connectivity index (χ1n) is 4.49. The number of aliphatic hydroxyl groups excluding tert-OH is 1. The predicted molar refractivity (Wildman–Crippen MR) is 47.9 cm³/mol. The lowest BCUT2D eigenvalue weighted by atomic mass is 10.3. The van der Waals surface area contributed by atoms with Crippen molar-refractivity contribution in [2.24, 2.45) is 0 Å². The van der Waals surface area contributed by atoms with Crippen LogP contribution in [0.3, 0.4) is 0 Å². The molecule has 0 amide bonds. The Morgan fingerprint density at radius 1 is 1.58 bits per heavy atom. The molecule has 0 radical (unpaired) electrons. The zero-order valence-corrected chi connectivity index (χ0v) is 7.53. The second-order valence-electron chi connectivity index (χ2n) is 2.86. The van der Waals surface area contributed by atoms with Crippen molar-refractivity contribution in [2.45, 2.75) is 32.7 Å². The summed E-state index contributed by atoms with van der Waals surface area (Å²) in [7, 11) is 0. The summed E-state index contributed by atoms with van der Waals surface area (Å²) in [6, 6.07) is 0. The van der Waals surface area contributed by atoms with Crippen molar-refractivity contribution in [3.05, 3.63) is 18.2 Å². The molecule has 0 fully saturated rings. The van der Waals surface area contributed by atoms with Crippen LogP contribution in [-0.2, 0) is 13.0 Å².